The molecule has 9 nitrogen and oxygen atoms in total. The highest BCUT2D eigenvalue weighted by Crippen LogP contribution is 2.33. The van der Waals surface area contributed by atoms with Crippen molar-refractivity contribution in [3.05, 3.63) is 54.1 Å². The van der Waals surface area contributed by atoms with Crippen molar-refractivity contribution < 1.29 is 23.1 Å². The maximum atomic E-state index is 12.3. The summed E-state index contributed by atoms with van der Waals surface area (Å²) >= 11 is 2.00. The van der Waals surface area contributed by atoms with Crippen LogP contribution in [-0.2, 0) is 19.6 Å². The van der Waals surface area contributed by atoms with Crippen LogP contribution in [0.25, 0.3) is 0 Å². The Hall–Kier alpha value is -2.11. The first-order chi connectivity index (χ1) is 17.6. The molecule has 0 bridgehead atoms. The van der Waals surface area contributed by atoms with E-state index in [4.69, 9.17) is 0 Å². The molecule has 3 rings (SSSR count). The van der Waals surface area contributed by atoms with Crippen molar-refractivity contribution in [2.75, 3.05) is 26.7 Å². The number of Topliss-reactive ketones (excluding diaryl/α,β-unsaturated/α-hetero) is 1. The Morgan fingerprint density at radius 3 is 2.54 bits per heavy atom. The summed E-state index contributed by atoms with van der Waals surface area (Å²) in [5.74, 6) is -0.448. The molecule has 1 unspecified atom stereocenters. The van der Waals surface area contributed by atoms with Gasteiger partial charge >= 0.3 is 5.97 Å². The van der Waals surface area contributed by atoms with Crippen LogP contribution in [0.15, 0.2) is 59.0 Å². The van der Waals surface area contributed by atoms with Gasteiger partial charge in [-0.2, -0.15) is 9.98 Å². The second-order valence-electron chi connectivity index (χ2n) is 9.06. The molecular formula is C26H35IN4O5S. The second-order valence-corrected chi connectivity index (χ2v) is 12.7. The number of carbonyl (C=O) groups excluding carboxylic acids is 1. The lowest BCUT2D eigenvalue weighted by atomic mass is 9.91. The van der Waals surface area contributed by atoms with Crippen LogP contribution in [0.5, 0.6) is 0 Å². The Morgan fingerprint density at radius 2 is 1.95 bits per heavy atom. The molecule has 1 saturated heterocycles. The van der Waals surface area contributed by atoms with Gasteiger partial charge in [-0.05, 0) is 64.5 Å². The minimum atomic E-state index is -3.93. The molecule has 1 aromatic carbocycles. The zero-order chi connectivity index (χ0) is 27.3. The quantitative estimate of drug-likeness (QED) is 0.164. The van der Waals surface area contributed by atoms with Gasteiger partial charge in [0.15, 0.2) is 0 Å². The second kappa shape index (κ2) is 15.3. The number of aliphatic carboxylic acids is 1. The van der Waals surface area contributed by atoms with Gasteiger partial charge in [-0.1, -0.05) is 64.6 Å². The van der Waals surface area contributed by atoms with Crippen molar-refractivity contribution in [1.29, 1.82) is 5.26 Å². The number of piperidine rings is 1. The van der Waals surface area contributed by atoms with Gasteiger partial charge in [0.25, 0.3) is 0 Å². The van der Waals surface area contributed by atoms with Gasteiger partial charge in [0.2, 0.25) is 10.0 Å². The minimum absolute atomic E-state index is 0.00182. The number of hydrogen-bond donors (Lipinski definition) is 4. The zero-order valence-electron chi connectivity index (χ0n) is 21.0. The molecule has 37 heavy (non-hydrogen) atoms. The average Bonchev–Trinajstić information content (AvgIpc) is 2.90. The molecule has 0 radical (unpaired) electrons. The Balaban J connectivity index is 0.000000312. The number of nitrogens with zero attached hydrogens (tertiary/aromatic N) is 1. The molecule has 11 heteroatoms. The van der Waals surface area contributed by atoms with Gasteiger partial charge in [-0.15, -0.1) is 0 Å². The predicted octanol–water partition coefficient (Wildman–Crippen LogP) is 2.95. The Morgan fingerprint density at radius 1 is 1.27 bits per heavy atom. The molecule has 1 aromatic rings. The highest BCUT2D eigenvalue weighted by Gasteiger charge is 2.31. The van der Waals surface area contributed by atoms with Gasteiger partial charge in [-0.25, -0.2) is 8.42 Å². The molecule has 4 N–H and O–H groups in total. The minimum Gasteiger partial charge on any atom is -0.480 e. The third kappa shape index (κ3) is 10.6. The number of allylic oxidation sites excluding steroid dienone is 3. The summed E-state index contributed by atoms with van der Waals surface area (Å²) in [6.07, 6.45) is 9.33. The Labute approximate surface area is 233 Å². The number of halogens is 1. The number of benzene rings is 1. The third-order valence-corrected chi connectivity index (χ3v) is 8.59. The molecule has 2 atom stereocenters. The monoisotopic (exact) mass is 642 g/mol. The smallest absolute Gasteiger partial charge is 0.322 e. The summed E-state index contributed by atoms with van der Waals surface area (Å²) in [7, 11) is -2.01. The Kier molecular flexibility index (Phi) is 12.9. The SMILES string of the molecule is CNCCCC(=O)C1CCNCC1.N#CC1(I)C=CC=C(C[C@H](NS(=O)(=O)c2ccccc2)C(=O)O)C1. The number of sulfonamides is 1. The number of rotatable bonds is 11. The van der Waals surface area contributed by atoms with E-state index >= 15 is 0 Å². The number of carboxylic acids is 1. The van der Waals surface area contributed by atoms with Gasteiger partial charge < -0.3 is 15.7 Å². The fourth-order valence-corrected chi connectivity index (χ4v) is 5.99. The standard InChI is InChI=1S/C16H15IN2O4S.C10H20N2O/c17-16(11-18)8-4-5-12(10-16)9-14(15(20)21)19-24(22,23)13-6-2-1-3-7-13;1-11-6-2-3-10(13)9-4-7-12-8-5-9/h1-8,14,19H,9-10H2,(H,20,21);9,11-12H,2-8H2,1H3/t14-,16?;/m0./s1. The predicted molar refractivity (Wildman–Crippen MR) is 151 cm³/mol. The highest BCUT2D eigenvalue weighted by molar-refractivity contribution is 14.1. The molecule has 1 aliphatic carbocycles. The third-order valence-electron chi connectivity index (χ3n) is 6.12. The van der Waals surface area contributed by atoms with Crippen molar-refractivity contribution >= 4 is 44.4 Å². The fourth-order valence-electron chi connectivity index (χ4n) is 4.09. The first-order valence-corrected chi connectivity index (χ1v) is 14.8. The summed E-state index contributed by atoms with van der Waals surface area (Å²) in [5, 5.41) is 24.9. The molecule has 0 spiro atoms. The number of carbonyl (C=O) groups is 2. The molecule has 1 fully saturated rings. The number of nitriles is 1. The van der Waals surface area contributed by atoms with Crippen molar-refractivity contribution in [2.45, 2.75) is 52.9 Å². The van der Waals surface area contributed by atoms with Crippen molar-refractivity contribution in [1.82, 2.24) is 15.4 Å². The molecule has 0 amide bonds. The van der Waals surface area contributed by atoms with Crippen molar-refractivity contribution in [3.8, 4) is 6.07 Å². The molecule has 202 valence electrons. The lowest BCUT2D eigenvalue weighted by Gasteiger charge is -2.23. The lowest BCUT2D eigenvalue weighted by Crippen LogP contribution is -2.41. The average molecular weight is 643 g/mol. The van der Waals surface area contributed by atoms with E-state index in [1.165, 1.54) is 12.1 Å². The van der Waals surface area contributed by atoms with Crippen LogP contribution in [0.4, 0.5) is 0 Å². The normalized spacial score (nSPS) is 20.6. The molecule has 2 aliphatic rings. The van der Waals surface area contributed by atoms with Gasteiger partial charge in [0.1, 0.15) is 15.2 Å². The molecule has 0 saturated carbocycles. The van der Waals surface area contributed by atoms with Crippen LogP contribution in [0.2, 0.25) is 0 Å². The molecule has 0 aromatic heterocycles. The van der Waals surface area contributed by atoms with Crippen LogP contribution in [-0.4, -0.2) is 61.4 Å². The van der Waals surface area contributed by atoms with Gasteiger partial charge in [-0.3, -0.25) is 9.59 Å². The summed E-state index contributed by atoms with van der Waals surface area (Å²) in [4.78, 5) is 23.1. The van der Waals surface area contributed by atoms with E-state index in [1.54, 1.807) is 36.4 Å². The lowest BCUT2D eigenvalue weighted by molar-refractivity contribution is -0.139. The first-order valence-electron chi connectivity index (χ1n) is 12.3. The fraction of sp³-hybridized carbons (Fsp3) is 0.500. The van der Waals surface area contributed by atoms with Crippen molar-refractivity contribution in [2.24, 2.45) is 5.92 Å². The van der Waals surface area contributed by atoms with Crippen LogP contribution >= 0.6 is 22.6 Å². The zero-order valence-corrected chi connectivity index (χ0v) is 23.9. The maximum absolute atomic E-state index is 12.3. The maximum Gasteiger partial charge on any atom is 0.322 e. The van der Waals surface area contributed by atoms with Gasteiger partial charge in [0, 0.05) is 18.8 Å². The van der Waals surface area contributed by atoms with E-state index in [1.807, 2.05) is 29.6 Å². The van der Waals surface area contributed by atoms with E-state index in [9.17, 15) is 28.4 Å². The van der Waals surface area contributed by atoms with Crippen molar-refractivity contribution in [3.63, 3.8) is 0 Å². The number of carboxylic acid groups (broad SMARTS) is 1. The number of hydrogen-bond acceptors (Lipinski definition) is 7. The van der Waals surface area contributed by atoms with E-state index in [2.05, 4.69) is 21.4 Å². The first kappa shape index (κ1) is 31.1. The molecule has 1 aliphatic heterocycles. The largest absolute Gasteiger partial charge is 0.480 e. The summed E-state index contributed by atoms with van der Waals surface area (Å²) in [6, 6.07) is 8.46. The van der Waals surface area contributed by atoms with Crippen LogP contribution in [0.1, 0.15) is 38.5 Å². The summed E-state index contributed by atoms with van der Waals surface area (Å²) < 4.78 is 26.1. The van der Waals surface area contributed by atoms with Crippen LogP contribution in [0, 0.1) is 17.2 Å². The highest BCUT2D eigenvalue weighted by atomic mass is 127. The number of nitrogens with one attached hydrogen (secondary N) is 3. The van der Waals surface area contributed by atoms with Gasteiger partial charge in [0.05, 0.1) is 11.0 Å². The van der Waals surface area contributed by atoms with E-state index in [-0.39, 0.29) is 11.3 Å². The van der Waals surface area contributed by atoms with E-state index in [0.717, 1.165) is 45.3 Å². The molecule has 1 heterocycles. The number of ketones is 1. The summed E-state index contributed by atoms with van der Waals surface area (Å²) in [5.41, 5.74) is 0.705. The Bertz CT molecular complexity index is 1110. The number of alkyl halides is 1. The van der Waals surface area contributed by atoms with E-state index in [0.29, 0.717) is 23.7 Å². The molecular weight excluding hydrogens is 607 g/mol. The van der Waals surface area contributed by atoms with Crippen LogP contribution in [0.3, 0.4) is 0 Å². The van der Waals surface area contributed by atoms with Crippen LogP contribution < -0.4 is 15.4 Å². The topological polar surface area (TPSA) is 148 Å². The van der Waals surface area contributed by atoms with E-state index < -0.39 is 25.5 Å². The summed E-state index contributed by atoms with van der Waals surface area (Å²) in [6.45, 7) is 2.99.